The van der Waals surface area contributed by atoms with Crippen molar-refractivity contribution >= 4 is 11.7 Å². The SMILES string of the molecule is CC(C)CCC(=O)C(C)C.CCCN(C)C(=O)C(C)(C)CCO. The highest BCUT2D eigenvalue weighted by molar-refractivity contribution is 5.81. The molecule has 0 rings (SSSR count). The number of Topliss-reactive ketones (excluding diaryl/α,β-unsaturated/α-hetero) is 1. The van der Waals surface area contributed by atoms with Crippen molar-refractivity contribution in [3.05, 3.63) is 0 Å². The van der Waals surface area contributed by atoms with E-state index in [2.05, 4.69) is 13.8 Å². The normalized spacial score (nSPS) is 11.3. The molecule has 0 saturated carbocycles. The van der Waals surface area contributed by atoms with E-state index in [4.69, 9.17) is 5.11 Å². The van der Waals surface area contributed by atoms with E-state index in [0.29, 0.717) is 18.1 Å². The Balaban J connectivity index is 0. The van der Waals surface area contributed by atoms with E-state index in [0.717, 1.165) is 25.8 Å². The molecule has 23 heavy (non-hydrogen) atoms. The Hall–Kier alpha value is -0.900. The smallest absolute Gasteiger partial charge is 0.228 e. The maximum Gasteiger partial charge on any atom is 0.228 e. The Kier molecular flexibility index (Phi) is 13.3. The first kappa shape index (κ1) is 24.4. The molecular weight excluding hydrogens is 290 g/mol. The van der Waals surface area contributed by atoms with Crippen LogP contribution in [0.1, 0.15) is 74.1 Å². The lowest BCUT2D eigenvalue weighted by Gasteiger charge is -2.28. The zero-order valence-electron chi connectivity index (χ0n) is 16.6. The third-order valence-corrected chi connectivity index (χ3v) is 3.83. The fraction of sp³-hybridized carbons (Fsp3) is 0.895. The fourth-order valence-electron chi connectivity index (χ4n) is 2.06. The first-order valence-electron chi connectivity index (χ1n) is 8.88. The van der Waals surface area contributed by atoms with Gasteiger partial charge in [0.2, 0.25) is 5.91 Å². The zero-order chi connectivity index (χ0) is 18.6. The van der Waals surface area contributed by atoms with E-state index in [1.165, 1.54) is 0 Å². The predicted molar refractivity (Wildman–Crippen MR) is 97.3 cm³/mol. The van der Waals surface area contributed by atoms with Crippen LogP contribution in [-0.2, 0) is 9.59 Å². The van der Waals surface area contributed by atoms with Gasteiger partial charge in [0.05, 0.1) is 0 Å². The number of hydrogen-bond donors (Lipinski definition) is 1. The number of carbonyl (C=O) groups is 2. The van der Waals surface area contributed by atoms with Crippen molar-refractivity contribution in [1.29, 1.82) is 0 Å². The fourth-order valence-corrected chi connectivity index (χ4v) is 2.06. The molecule has 0 fully saturated rings. The molecule has 0 aliphatic carbocycles. The van der Waals surface area contributed by atoms with Crippen LogP contribution in [0.5, 0.6) is 0 Å². The second-order valence-corrected chi connectivity index (χ2v) is 7.64. The summed E-state index contributed by atoms with van der Waals surface area (Å²) in [5.74, 6) is 1.39. The largest absolute Gasteiger partial charge is 0.396 e. The summed E-state index contributed by atoms with van der Waals surface area (Å²) in [4.78, 5) is 24.5. The highest BCUT2D eigenvalue weighted by Crippen LogP contribution is 2.22. The van der Waals surface area contributed by atoms with Crippen molar-refractivity contribution < 1.29 is 14.7 Å². The molecule has 1 N–H and O–H groups in total. The van der Waals surface area contributed by atoms with Crippen molar-refractivity contribution in [2.45, 2.75) is 74.1 Å². The van der Waals surface area contributed by atoms with Crippen molar-refractivity contribution in [3.8, 4) is 0 Å². The Labute approximate surface area is 143 Å². The average molecular weight is 330 g/mol. The number of hydrogen-bond acceptors (Lipinski definition) is 3. The number of rotatable bonds is 9. The molecule has 0 aromatic rings. The standard InChI is InChI=1S/C10H21NO2.C9H18O/c1-5-7-11(4)9(13)10(2,3)6-8-12;1-7(2)5-6-9(10)8(3)4/h12H,5-8H2,1-4H3;7-8H,5-6H2,1-4H3. The Morgan fingerprint density at radius 3 is 2.00 bits per heavy atom. The summed E-state index contributed by atoms with van der Waals surface area (Å²) in [6.45, 7) is 14.9. The number of aliphatic hydroxyl groups excluding tert-OH is 1. The van der Waals surface area contributed by atoms with Crippen molar-refractivity contribution in [3.63, 3.8) is 0 Å². The summed E-state index contributed by atoms with van der Waals surface area (Å²) < 4.78 is 0. The van der Waals surface area contributed by atoms with Crippen LogP contribution in [0, 0.1) is 17.3 Å². The number of amides is 1. The van der Waals surface area contributed by atoms with Crippen LogP contribution in [0.15, 0.2) is 0 Å². The molecule has 0 aromatic heterocycles. The monoisotopic (exact) mass is 329 g/mol. The van der Waals surface area contributed by atoms with Gasteiger partial charge in [-0.3, -0.25) is 9.59 Å². The third kappa shape index (κ3) is 12.2. The maximum absolute atomic E-state index is 11.8. The van der Waals surface area contributed by atoms with Gasteiger partial charge >= 0.3 is 0 Å². The Bertz CT molecular complexity index is 336. The van der Waals surface area contributed by atoms with Gasteiger partial charge in [-0.25, -0.2) is 0 Å². The molecule has 138 valence electrons. The van der Waals surface area contributed by atoms with Crippen molar-refractivity contribution in [2.24, 2.45) is 17.3 Å². The molecule has 0 aromatic carbocycles. The minimum absolute atomic E-state index is 0.0682. The first-order chi connectivity index (χ1) is 10.5. The molecule has 0 heterocycles. The molecule has 4 nitrogen and oxygen atoms in total. The summed E-state index contributed by atoms with van der Waals surface area (Å²) >= 11 is 0. The van der Waals surface area contributed by atoms with E-state index >= 15 is 0 Å². The van der Waals surface area contributed by atoms with Crippen LogP contribution >= 0.6 is 0 Å². The Morgan fingerprint density at radius 2 is 1.65 bits per heavy atom. The molecule has 0 aliphatic rings. The first-order valence-corrected chi connectivity index (χ1v) is 8.88. The number of aliphatic hydroxyl groups is 1. The topological polar surface area (TPSA) is 57.6 Å². The molecule has 4 heteroatoms. The van der Waals surface area contributed by atoms with Crippen LogP contribution in [-0.4, -0.2) is 41.9 Å². The summed E-state index contributed by atoms with van der Waals surface area (Å²) in [5, 5.41) is 8.79. The minimum Gasteiger partial charge on any atom is -0.396 e. The second kappa shape index (κ2) is 12.5. The second-order valence-electron chi connectivity index (χ2n) is 7.64. The van der Waals surface area contributed by atoms with Gasteiger partial charge in [0.15, 0.2) is 0 Å². The number of ketones is 1. The van der Waals surface area contributed by atoms with Crippen LogP contribution in [0.4, 0.5) is 0 Å². The summed E-state index contributed by atoms with van der Waals surface area (Å²) in [6.07, 6.45) is 3.30. The van der Waals surface area contributed by atoms with Crippen LogP contribution in [0.25, 0.3) is 0 Å². The highest BCUT2D eigenvalue weighted by atomic mass is 16.3. The molecule has 0 saturated heterocycles. The maximum atomic E-state index is 11.8. The molecule has 0 bridgehead atoms. The van der Waals surface area contributed by atoms with Gasteiger partial charge in [-0.05, 0) is 25.2 Å². The lowest BCUT2D eigenvalue weighted by Crippen LogP contribution is -2.39. The average Bonchev–Trinajstić information content (AvgIpc) is 2.44. The quantitative estimate of drug-likeness (QED) is 0.697. The predicted octanol–water partition coefficient (Wildman–Crippen LogP) is 3.91. The summed E-state index contributed by atoms with van der Waals surface area (Å²) in [6, 6.07) is 0. The summed E-state index contributed by atoms with van der Waals surface area (Å²) in [5.41, 5.74) is -0.432. The lowest BCUT2D eigenvalue weighted by molar-refractivity contribution is -0.139. The van der Waals surface area contributed by atoms with Gasteiger partial charge < -0.3 is 10.0 Å². The van der Waals surface area contributed by atoms with Gasteiger partial charge in [0.25, 0.3) is 0 Å². The lowest BCUT2D eigenvalue weighted by atomic mass is 9.88. The van der Waals surface area contributed by atoms with E-state index in [9.17, 15) is 9.59 Å². The molecule has 1 amide bonds. The van der Waals surface area contributed by atoms with Crippen molar-refractivity contribution in [2.75, 3.05) is 20.2 Å². The number of carbonyl (C=O) groups excluding carboxylic acids is 2. The van der Waals surface area contributed by atoms with Crippen LogP contribution in [0.2, 0.25) is 0 Å². The van der Waals surface area contributed by atoms with E-state index < -0.39 is 5.41 Å². The molecule has 0 unspecified atom stereocenters. The van der Waals surface area contributed by atoms with Gasteiger partial charge in [-0.2, -0.15) is 0 Å². The van der Waals surface area contributed by atoms with Crippen LogP contribution < -0.4 is 0 Å². The van der Waals surface area contributed by atoms with E-state index in [1.807, 2.05) is 41.7 Å². The highest BCUT2D eigenvalue weighted by Gasteiger charge is 2.29. The molecule has 0 aliphatic heterocycles. The van der Waals surface area contributed by atoms with E-state index in [1.54, 1.807) is 4.90 Å². The van der Waals surface area contributed by atoms with Gasteiger partial charge in [0.1, 0.15) is 5.78 Å². The number of nitrogens with zero attached hydrogens (tertiary/aromatic N) is 1. The van der Waals surface area contributed by atoms with Crippen molar-refractivity contribution in [1.82, 2.24) is 4.90 Å². The Morgan fingerprint density at radius 1 is 1.13 bits per heavy atom. The van der Waals surface area contributed by atoms with E-state index in [-0.39, 0.29) is 18.4 Å². The van der Waals surface area contributed by atoms with Gasteiger partial charge in [0, 0.05) is 38.0 Å². The summed E-state index contributed by atoms with van der Waals surface area (Å²) in [7, 11) is 1.81. The minimum atomic E-state index is -0.432. The molecule has 0 radical (unpaired) electrons. The van der Waals surface area contributed by atoms with Crippen LogP contribution in [0.3, 0.4) is 0 Å². The van der Waals surface area contributed by atoms with Gasteiger partial charge in [-0.1, -0.05) is 48.5 Å². The molecular formula is C19H39NO3. The van der Waals surface area contributed by atoms with Gasteiger partial charge in [-0.15, -0.1) is 0 Å². The molecule has 0 atom stereocenters. The zero-order valence-corrected chi connectivity index (χ0v) is 16.6. The molecule has 0 spiro atoms. The third-order valence-electron chi connectivity index (χ3n) is 3.83.